The summed E-state index contributed by atoms with van der Waals surface area (Å²) < 4.78 is 1.02. The fourth-order valence-electron chi connectivity index (χ4n) is 1.99. The molecule has 0 radical (unpaired) electrons. The van der Waals surface area contributed by atoms with E-state index in [4.69, 9.17) is 0 Å². The van der Waals surface area contributed by atoms with E-state index in [0.29, 0.717) is 0 Å². The van der Waals surface area contributed by atoms with Gasteiger partial charge in [0.25, 0.3) is 0 Å². The first kappa shape index (κ1) is 14.4. The fraction of sp³-hybridized carbons (Fsp3) is 0.125. The van der Waals surface area contributed by atoms with Crippen LogP contribution in [-0.4, -0.2) is 20.9 Å². The number of aromatic nitrogens is 3. The molecule has 0 atom stereocenters. The molecular formula is C16H14BrN3S. The zero-order chi connectivity index (χ0) is 14.5. The Bertz CT molecular complexity index is 712. The molecule has 1 heterocycles. The molecule has 0 amide bonds. The average Bonchev–Trinajstić information content (AvgIpc) is 2.97. The first-order valence-corrected chi connectivity index (χ1v) is 8.45. The number of nitrogens with zero attached hydrogens (tertiary/aromatic N) is 2. The van der Waals surface area contributed by atoms with Gasteiger partial charge in [-0.15, -0.1) is 5.10 Å². The van der Waals surface area contributed by atoms with Crippen LogP contribution < -0.4 is 0 Å². The second-order valence-electron chi connectivity index (χ2n) is 4.53. The van der Waals surface area contributed by atoms with Gasteiger partial charge in [-0.3, -0.25) is 5.10 Å². The fourth-order valence-corrected chi connectivity index (χ4v) is 3.25. The van der Waals surface area contributed by atoms with Gasteiger partial charge in [0, 0.05) is 15.8 Å². The zero-order valence-corrected chi connectivity index (χ0v) is 13.7. The summed E-state index contributed by atoms with van der Waals surface area (Å²) in [5.41, 5.74) is 2.37. The zero-order valence-electron chi connectivity index (χ0n) is 11.3. The van der Waals surface area contributed by atoms with Crippen molar-refractivity contribution < 1.29 is 0 Å². The highest BCUT2D eigenvalue weighted by Crippen LogP contribution is 2.26. The van der Waals surface area contributed by atoms with Crippen LogP contribution in [0.25, 0.3) is 11.4 Å². The lowest BCUT2D eigenvalue weighted by atomic mass is 10.2. The Kier molecular flexibility index (Phi) is 4.72. The van der Waals surface area contributed by atoms with Gasteiger partial charge in [-0.05, 0) is 18.1 Å². The predicted molar refractivity (Wildman–Crippen MR) is 90.4 cm³/mol. The molecule has 0 aliphatic carbocycles. The second kappa shape index (κ2) is 6.91. The van der Waals surface area contributed by atoms with E-state index in [-0.39, 0.29) is 0 Å². The minimum absolute atomic E-state index is 0.789. The van der Waals surface area contributed by atoms with E-state index in [9.17, 15) is 0 Å². The van der Waals surface area contributed by atoms with Crippen molar-refractivity contribution in [3.8, 4) is 11.4 Å². The highest BCUT2D eigenvalue weighted by Gasteiger charge is 2.08. The van der Waals surface area contributed by atoms with Crippen molar-refractivity contribution >= 4 is 27.7 Å². The van der Waals surface area contributed by atoms with Crippen molar-refractivity contribution in [1.82, 2.24) is 15.2 Å². The van der Waals surface area contributed by atoms with Crippen molar-refractivity contribution in [3.63, 3.8) is 0 Å². The van der Waals surface area contributed by atoms with Crippen LogP contribution in [0.5, 0.6) is 0 Å². The summed E-state index contributed by atoms with van der Waals surface area (Å²) in [7, 11) is 0. The molecule has 1 aromatic heterocycles. The SMILES string of the molecule is Brc1ccccc1-c1nc(SCCc2ccccc2)n[nH]1. The monoisotopic (exact) mass is 359 g/mol. The third-order valence-electron chi connectivity index (χ3n) is 3.06. The first-order chi connectivity index (χ1) is 10.3. The van der Waals surface area contributed by atoms with Gasteiger partial charge in [0.05, 0.1) is 0 Å². The van der Waals surface area contributed by atoms with Gasteiger partial charge in [0.15, 0.2) is 5.82 Å². The summed E-state index contributed by atoms with van der Waals surface area (Å²) in [6, 6.07) is 18.5. The second-order valence-corrected chi connectivity index (χ2v) is 6.45. The van der Waals surface area contributed by atoms with E-state index >= 15 is 0 Å². The number of thioether (sulfide) groups is 1. The van der Waals surface area contributed by atoms with Crippen molar-refractivity contribution in [3.05, 3.63) is 64.6 Å². The molecule has 5 heteroatoms. The number of rotatable bonds is 5. The van der Waals surface area contributed by atoms with E-state index in [1.807, 2.05) is 30.3 Å². The molecule has 3 rings (SSSR count). The number of H-pyrrole nitrogens is 1. The van der Waals surface area contributed by atoms with Gasteiger partial charge in [-0.25, -0.2) is 4.98 Å². The van der Waals surface area contributed by atoms with Crippen LogP contribution in [0.15, 0.2) is 64.2 Å². The maximum absolute atomic E-state index is 4.54. The highest BCUT2D eigenvalue weighted by atomic mass is 79.9. The maximum atomic E-state index is 4.54. The smallest absolute Gasteiger partial charge is 0.208 e. The Labute approximate surface area is 136 Å². The lowest BCUT2D eigenvalue weighted by Crippen LogP contribution is -1.88. The van der Waals surface area contributed by atoms with Gasteiger partial charge in [0.1, 0.15) is 0 Å². The largest absolute Gasteiger partial charge is 0.258 e. The molecule has 0 fully saturated rings. The average molecular weight is 360 g/mol. The van der Waals surface area contributed by atoms with Crippen LogP contribution in [0.1, 0.15) is 5.56 Å². The summed E-state index contributed by atoms with van der Waals surface area (Å²) in [6.07, 6.45) is 1.02. The molecule has 3 nitrogen and oxygen atoms in total. The number of hydrogen-bond acceptors (Lipinski definition) is 3. The molecule has 0 aliphatic rings. The number of hydrogen-bond donors (Lipinski definition) is 1. The van der Waals surface area contributed by atoms with Crippen LogP contribution in [0.2, 0.25) is 0 Å². The summed E-state index contributed by atoms with van der Waals surface area (Å²) in [6.45, 7) is 0. The lowest BCUT2D eigenvalue weighted by Gasteiger charge is -1.99. The summed E-state index contributed by atoms with van der Waals surface area (Å²) >= 11 is 5.20. The molecule has 0 unspecified atom stereocenters. The third-order valence-corrected chi connectivity index (χ3v) is 4.60. The van der Waals surface area contributed by atoms with Gasteiger partial charge >= 0.3 is 0 Å². The minimum atomic E-state index is 0.789. The normalized spacial score (nSPS) is 10.7. The molecule has 21 heavy (non-hydrogen) atoms. The Hall–Kier alpha value is -1.59. The Balaban J connectivity index is 1.62. The standard InChI is InChI=1S/C16H14BrN3S/c17-14-9-5-4-8-13(14)15-18-16(20-19-15)21-11-10-12-6-2-1-3-7-12/h1-9H,10-11H2,(H,18,19,20). The summed E-state index contributed by atoms with van der Waals surface area (Å²) in [5.74, 6) is 1.77. The maximum Gasteiger partial charge on any atom is 0.208 e. The third kappa shape index (κ3) is 3.74. The number of aromatic amines is 1. The van der Waals surface area contributed by atoms with Gasteiger partial charge in [-0.1, -0.05) is 76.2 Å². The lowest BCUT2D eigenvalue weighted by molar-refractivity contribution is 0.970. The molecule has 0 saturated heterocycles. The van der Waals surface area contributed by atoms with E-state index in [1.54, 1.807) is 11.8 Å². The van der Waals surface area contributed by atoms with Crippen molar-refractivity contribution in [2.24, 2.45) is 0 Å². The van der Waals surface area contributed by atoms with E-state index in [2.05, 4.69) is 55.4 Å². The number of aryl methyl sites for hydroxylation is 1. The van der Waals surface area contributed by atoms with Gasteiger partial charge in [0.2, 0.25) is 5.16 Å². The minimum Gasteiger partial charge on any atom is -0.258 e. The van der Waals surface area contributed by atoms with Crippen LogP contribution in [0, 0.1) is 0 Å². The summed E-state index contributed by atoms with van der Waals surface area (Å²) in [4.78, 5) is 4.54. The quantitative estimate of drug-likeness (QED) is 0.678. The number of benzene rings is 2. The van der Waals surface area contributed by atoms with Crippen LogP contribution in [0.4, 0.5) is 0 Å². The molecule has 3 aromatic rings. The van der Waals surface area contributed by atoms with E-state index in [0.717, 1.165) is 33.2 Å². The molecule has 2 aromatic carbocycles. The van der Waals surface area contributed by atoms with Gasteiger partial charge < -0.3 is 0 Å². The van der Waals surface area contributed by atoms with Crippen LogP contribution in [-0.2, 0) is 6.42 Å². The Morgan fingerprint density at radius 1 is 1.00 bits per heavy atom. The Morgan fingerprint density at radius 2 is 1.76 bits per heavy atom. The van der Waals surface area contributed by atoms with Crippen LogP contribution in [0.3, 0.4) is 0 Å². The molecule has 0 spiro atoms. The summed E-state index contributed by atoms with van der Waals surface area (Å²) in [5, 5.41) is 8.06. The molecule has 1 N–H and O–H groups in total. The highest BCUT2D eigenvalue weighted by molar-refractivity contribution is 9.10. The molecular weight excluding hydrogens is 346 g/mol. The van der Waals surface area contributed by atoms with Gasteiger partial charge in [-0.2, -0.15) is 0 Å². The van der Waals surface area contributed by atoms with E-state index < -0.39 is 0 Å². The van der Waals surface area contributed by atoms with Crippen molar-refractivity contribution in [2.75, 3.05) is 5.75 Å². The predicted octanol–water partition coefficient (Wildman–Crippen LogP) is 4.57. The van der Waals surface area contributed by atoms with Crippen molar-refractivity contribution in [1.29, 1.82) is 0 Å². The topological polar surface area (TPSA) is 41.6 Å². The van der Waals surface area contributed by atoms with Crippen LogP contribution >= 0.6 is 27.7 Å². The molecule has 0 aliphatic heterocycles. The number of halogens is 1. The van der Waals surface area contributed by atoms with Crippen molar-refractivity contribution in [2.45, 2.75) is 11.6 Å². The molecule has 0 bridgehead atoms. The number of nitrogens with one attached hydrogen (secondary N) is 1. The van der Waals surface area contributed by atoms with E-state index in [1.165, 1.54) is 5.56 Å². The molecule has 0 saturated carbocycles. The Morgan fingerprint density at radius 3 is 2.57 bits per heavy atom. The first-order valence-electron chi connectivity index (χ1n) is 6.67. The molecule has 106 valence electrons.